The van der Waals surface area contributed by atoms with Gasteiger partial charge >= 0.3 is 11.9 Å². The van der Waals surface area contributed by atoms with Crippen LogP contribution in [0.3, 0.4) is 0 Å². The van der Waals surface area contributed by atoms with Crippen molar-refractivity contribution >= 4 is 34.2 Å². The average Bonchev–Trinajstić information content (AvgIpc) is 3.08. The van der Waals surface area contributed by atoms with Crippen molar-refractivity contribution in [2.24, 2.45) is 0 Å². The lowest BCUT2D eigenvalue weighted by Crippen LogP contribution is -2.24. The lowest BCUT2D eigenvalue weighted by atomic mass is 10.0. The number of amides is 1. The van der Waals surface area contributed by atoms with Crippen LogP contribution in [0.4, 0.5) is 5.00 Å². The molecule has 3 rings (SSSR count). The first-order chi connectivity index (χ1) is 15.3. The average molecular weight is 455 g/mol. The number of nitrogens with one attached hydrogen (secondary N) is 2. The van der Waals surface area contributed by atoms with Crippen molar-refractivity contribution in [2.45, 2.75) is 20.8 Å². The van der Waals surface area contributed by atoms with Crippen LogP contribution in [0.15, 0.2) is 47.4 Å². The molecule has 0 atom stereocenters. The van der Waals surface area contributed by atoms with E-state index < -0.39 is 30.0 Å². The first-order valence-corrected chi connectivity index (χ1v) is 10.7. The summed E-state index contributed by atoms with van der Waals surface area (Å²) in [4.78, 5) is 52.1. The van der Waals surface area contributed by atoms with Gasteiger partial charge in [0.25, 0.3) is 11.5 Å². The third-order valence-corrected chi connectivity index (χ3v) is 5.55. The highest BCUT2D eigenvalue weighted by Crippen LogP contribution is 2.40. The number of carbonyl (C=O) groups excluding carboxylic acids is 3. The summed E-state index contributed by atoms with van der Waals surface area (Å²) in [5.74, 6) is -2.13. The Bertz CT molecular complexity index is 1210. The second-order valence-electron chi connectivity index (χ2n) is 6.86. The molecule has 8 nitrogen and oxygen atoms in total. The van der Waals surface area contributed by atoms with Gasteiger partial charge in [0.05, 0.1) is 6.61 Å². The molecule has 32 heavy (non-hydrogen) atoms. The minimum absolute atomic E-state index is 0.178. The lowest BCUT2D eigenvalue weighted by Gasteiger charge is -2.10. The van der Waals surface area contributed by atoms with E-state index in [4.69, 9.17) is 9.47 Å². The molecular formula is C23H22N2O6S. The SMILES string of the molecule is CCOC(=O)c1c(NC(=O)COC(=O)c2ccc[nH]c2=O)sc(C)c1-c1ccc(C)cc1. The lowest BCUT2D eigenvalue weighted by molar-refractivity contribution is -0.119. The molecule has 0 saturated carbocycles. The molecule has 0 bridgehead atoms. The van der Waals surface area contributed by atoms with Crippen molar-refractivity contribution in [3.05, 3.63) is 74.5 Å². The Morgan fingerprint density at radius 3 is 2.41 bits per heavy atom. The first kappa shape index (κ1) is 23.0. The number of benzene rings is 1. The number of hydrogen-bond acceptors (Lipinski definition) is 7. The topological polar surface area (TPSA) is 115 Å². The van der Waals surface area contributed by atoms with Gasteiger partial charge in [0.15, 0.2) is 6.61 Å². The van der Waals surface area contributed by atoms with E-state index in [9.17, 15) is 19.2 Å². The summed E-state index contributed by atoms with van der Waals surface area (Å²) >= 11 is 1.23. The fourth-order valence-corrected chi connectivity index (χ4v) is 4.13. The second-order valence-corrected chi connectivity index (χ2v) is 8.09. The van der Waals surface area contributed by atoms with Gasteiger partial charge in [-0.1, -0.05) is 29.8 Å². The van der Waals surface area contributed by atoms with Crippen LogP contribution in [0.2, 0.25) is 0 Å². The highest BCUT2D eigenvalue weighted by atomic mass is 32.1. The number of carbonyl (C=O) groups is 3. The Morgan fingerprint density at radius 1 is 1.03 bits per heavy atom. The Kier molecular flexibility index (Phi) is 7.21. The van der Waals surface area contributed by atoms with Gasteiger partial charge in [0.1, 0.15) is 16.1 Å². The number of hydrogen-bond donors (Lipinski definition) is 2. The van der Waals surface area contributed by atoms with Crippen LogP contribution in [0, 0.1) is 13.8 Å². The summed E-state index contributed by atoms with van der Waals surface area (Å²) in [6.45, 7) is 5.07. The third-order valence-electron chi connectivity index (χ3n) is 4.53. The molecule has 1 aromatic carbocycles. The molecular weight excluding hydrogens is 432 g/mol. The van der Waals surface area contributed by atoms with Gasteiger partial charge < -0.3 is 19.8 Å². The van der Waals surface area contributed by atoms with Gasteiger partial charge in [-0.05, 0) is 38.5 Å². The molecule has 0 aliphatic carbocycles. The maximum Gasteiger partial charge on any atom is 0.344 e. The molecule has 0 fully saturated rings. The smallest absolute Gasteiger partial charge is 0.344 e. The first-order valence-electron chi connectivity index (χ1n) is 9.84. The van der Waals surface area contributed by atoms with Gasteiger partial charge in [0, 0.05) is 16.6 Å². The van der Waals surface area contributed by atoms with Crippen molar-refractivity contribution in [3.63, 3.8) is 0 Å². The molecule has 0 aliphatic heterocycles. The van der Waals surface area contributed by atoms with E-state index >= 15 is 0 Å². The van der Waals surface area contributed by atoms with E-state index in [1.54, 1.807) is 6.92 Å². The van der Waals surface area contributed by atoms with Crippen LogP contribution in [-0.2, 0) is 14.3 Å². The summed E-state index contributed by atoms with van der Waals surface area (Å²) in [7, 11) is 0. The van der Waals surface area contributed by atoms with Gasteiger partial charge in [-0.2, -0.15) is 0 Å². The van der Waals surface area contributed by atoms with Crippen LogP contribution in [0.1, 0.15) is 38.1 Å². The molecule has 2 aromatic heterocycles. The van der Waals surface area contributed by atoms with Crippen molar-refractivity contribution in [2.75, 3.05) is 18.5 Å². The highest BCUT2D eigenvalue weighted by Gasteiger charge is 2.26. The molecule has 1 amide bonds. The maximum absolute atomic E-state index is 12.7. The predicted octanol–water partition coefficient (Wildman–Crippen LogP) is 3.69. The van der Waals surface area contributed by atoms with Crippen LogP contribution in [0.25, 0.3) is 11.1 Å². The summed E-state index contributed by atoms with van der Waals surface area (Å²) in [5.41, 5.74) is 2.00. The van der Waals surface area contributed by atoms with E-state index in [1.807, 2.05) is 38.1 Å². The van der Waals surface area contributed by atoms with Gasteiger partial charge in [0.2, 0.25) is 0 Å². The molecule has 2 heterocycles. The number of ether oxygens (including phenoxy) is 2. The number of anilines is 1. The zero-order valence-electron chi connectivity index (χ0n) is 17.8. The molecule has 0 spiro atoms. The summed E-state index contributed by atoms with van der Waals surface area (Å²) in [6, 6.07) is 10.4. The summed E-state index contributed by atoms with van der Waals surface area (Å²) in [6.07, 6.45) is 1.38. The number of thiophene rings is 1. The molecule has 0 aliphatic rings. The van der Waals surface area contributed by atoms with Gasteiger partial charge in [-0.25, -0.2) is 9.59 Å². The number of H-pyrrole nitrogens is 1. The number of aromatic amines is 1. The molecule has 166 valence electrons. The van der Waals surface area contributed by atoms with E-state index in [1.165, 1.54) is 29.7 Å². The van der Waals surface area contributed by atoms with Crippen molar-refractivity contribution in [1.29, 1.82) is 0 Å². The normalized spacial score (nSPS) is 10.5. The molecule has 0 radical (unpaired) electrons. The fraction of sp³-hybridized carbons (Fsp3) is 0.217. The number of rotatable bonds is 7. The van der Waals surface area contributed by atoms with E-state index in [0.29, 0.717) is 10.6 Å². The Labute approximate surface area is 188 Å². The van der Waals surface area contributed by atoms with Crippen LogP contribution >= 0.6 is 11.3 Å². The summed E-state index contributed by atoms with van der Waals surface area (Å²) < 4.78 is 10.2. The number of aryl methyl sites for hydroxylation is 2. The molecule has 3 aromatic rings. The predicted molar refractivity (Wildman–Crippen MR) is 121 cm³/mol. The Hall–Kier alpha value is -3.72. The van der Waals surface area contributed by atoms with Crippen molar-refractivity contribution in [1.82, 2.24) is 4.98 Å². The number of pyridine rings is 1. The number of esters is 2. The van der Waals surface area contributed by atoms with Crippen LogP contribution in [0.5, 0.6) is 0 Å². The second kappa shape index (κ2) is 10.1. The third kappa shape index (κ3) is 5.12. The van der Waals surface area contributed by atoms with Crippen molar-refractivity contribution in [3.8, 4) is 11.1 Å². The zero-order valence-corrected chi connectivity index (χ0v) is 18.6. The molecule has 0 unspecified atom stereocenters. The van der Waals surface area contributed by atoms with Crippen molar-refractivity contribution < 1.29 is 23.9 Å². The van der Waals surface area contributed by atoms with Gasteiger partial charge in [-0.3, -0.25) is 9.59 Å². The minimum atomic E-state index is -0.921. The van der Waals surface area contributed by atoms with Crippen LogP contribution < -0.4 is 10.9 Å². The number of aromatic nitrogens is 1. The fourth-order valence-electron chi connectivity index (χ4n) is 3.05. The Morgan fingerprint density at radius 2 is 1.75 bits per heavy atom. The molecule has 0 saturated heterocycles. The van der Waals surface area contributed by atoms with E-state index in [-0.39, 0.29) is 17.7 Å². The van der Waals surface area contributed by atoms with Crippen LogP contribution in [-0.4, -0.2) is 36.0 Å². The molecule has 2 N–H and O–H groups in total. The highest BCUT2D eigenvalue weighted by molar-refractivity contribution is 7.17. The quantitative estimate of drug-likeness (QED) is 0.526. The maximum atomic E-state index is 12.7. The summed E-state index contributed by atoms with van der Waals surface area (Å²) in [5, 5.41) is 2.93. The molecule has 9 heteroatoms. The minimum Gasteiger partial charge on any atom is -0.462 e. The Balaban J connectivity index is 1.83. The monoisotopic (exact) mass is 454 g/mol. The van der Waals surface area contributed by atoms with Gasteiger partial charge in [-0.15, -0.1) is 11.3 Å². The largest absolute Gasteiger partial charge is 0.462 e. The van der Waals surface area contributed by atoms with E-state index in [0.717, 1.165) is 16.0 Å². The van der Waals surface area contributed by atoms with E-state index in [2.05, 4.69) is 10.3 Å². The standard InChI is InChI=1S/C23H22N2O6S/c1-4-30-23(29)19-18(15-9-7-13(2)8-10-15)14(3)32-21(19)25-17(26)12-31-22(28)16-6-5-11-24-20(16)27/h5-11H,4,12H2,1-3H3,(H,24,27)(H,25,26). The zero-order chi connectivity index (χ0) is 23.3.